The van der Waals surface area contributed by atoms with Gasteiger partial charge in [-0.1, -0.05) is 15.9 Å². The van der Waals surface area contributed by atoms with Gasteiger partial charge in [-0.05, 0) is 52.7 Å². The summed E-state index contributed by atoms with van der Waals surface area (Å²) in [6, 6.07) is 7.06. The van der Waals surface area contributed by atoms with Gasteiger partial charge >= 0.3 is 5.97 Å². The third kappa shape index (κ3) is 4.64. The summed E-state index contributed by atoms with van der Waals surface area (Å²) in [7, 11) is 0. The average Bonchev–Trinajstić information content (AvgIpc) is 2.47. The van der Waals surface area contributed by atoms with Crippen LogP contribution in [0, 0.1) is 6.92 Å². The number of pyridine rings is 1. The molecule has 0 atom stereocenters. The van der Waals surface area contributed by atoms with Crippen molar-refractivity contribution >= 4 is 49.4 Å². The molecule has 2 aromatic rings. The van der Waals surface area contributed by atoms with E-state index < -0.39 is 11.9 Å². The quantitative estimate of drug-likeness (QED) is 0.755. The second kappa shape index (κ2) is 7.51. The molecule has 2 rings (SSSR count). The van der Waals surface area contributed by atoms with E-state index in [0.29, 0.717) is 10.2 Å². The van der Waals surface area contributed by atoms with Crippen LogP contribution in [-0.4, -0.2) is 23.5 Å². The summed E-state index contributed by atoms with van der Waals surface area (Å²) in [4.78, 5) is 27.5. The van der Waals surface area contributed by atoms with Gasteiger partial charge in [-0.15, -0.1) is 0 Å². The van der Waals surface area contributed by atoms with Crippen molar-refractivity contribution in [2.45, 2.75) is 6.92 Å². The van der Waals surface area contributed by atoms with Gasteiger partial charge in [0.2, 0.25) is 0 Å². The van der Waals surface area contributed by atoms with Gasteiger partial charge in [0.25, 0.3) is 5.91 Å². The predicted octanol–water partition coefficient (Wildman–Crippen LogP) is 3.71. The molecule has 7 heteroatoms. The molecule has 0 aliphatic heterocycles. The van der Waals surface area contributed by atoms with Crippen LogP contribution < -0.4 is 5.32 Å². The molecule has 1 aromatic carbocycles. The topological polar surface area (TPSA) is 68.3 Å². The highest BCUT2D eigenvalue weighted by Gasteiger charge is 2.12. The molecule has 114 valence electrons. The van der Waals surface area contributed by atoms with Crippen LogP contribution in [0.1, 0.15) is 15.9 Å². The molecule has 0 saturated carbocycles. The van der Waals surface area contributed by atoms with Crippen LogP contribution in [0.15, 0.2) is 45.6 Å². The molecule has 5 nitrogen and oxygen atoms in total. The van der Waals surface area contributed by atoms with E-state index in [2.05, 4.69) is 42.2 Å². The molecular formula is C15H12Br2N2O3. The van der Waals surface area contributed by atoms with Gasteiger partial charge in [0.1, 0.15) is 0 Å². The number of hydrogen-bond acceptors (Lipinski definition) is 4. The van der Waals surface area contributed by atoms with Crippen molar-refractivity contribution in [3.63, 3.8) is 0 Å². The minimum absolute atomic E-state index is 0.280. The lowest BCUT2D eigenvalue weighted by molar-refractivity contribution is -0.119. The van der Waals surface area contributed by atoms with Crippen molar-refractivity contribution in [3.05, 3.63) is 56.7 Å². The maximum Gasteiger partial charge on any atom is 0.340 e. The van der Waals surface area contributed by atoms with Gasteiger partial charge in [-0.3, -0.25) is 9.78 Å². The fourth-order valence-corrected chi connectivity index (χ4v) is 2.53. The van der Waals surface area contributed by atoms with Crippen LogP contribution in [0.5, 0.6) is 0 Å². The van der Waals surface area contributed by atoms with Crippen molar-refractivity contribution in [1.82, 2.24) is 4.98 Å². The standard InChI is InChI=1S/C15H12Br2N2O3/c1-9-4-11(16)2-3-13(9)19-14(20)8-22-15(21)10-5-12(17)7-18-6-10/h2-7H,8H2,1H3,(H,19,20). The molecule has 0 fully saturated rings. The van der Waals surface area contributed by atoms with Crippen molar-refractivity contribution < 1.29 is 14.3 Å². The maximum absolute atomic E-state index is 11.8. The highest BCUT2D eigenvalue weighted by atomic mass is 79.9. The molecule has 1 N–H and O–H groups in total. The lowest BCUT2D eigenvalue weighted by Gasteiger charge is -2.09. The molecule has 0 spiro atoms. The first-order valence-electron chi connectivity index (χ1n) is 6.29. The predicted molar refractivity (Wildman–Crippen MR) is 89.7 cm³/mol. The van der Waals surface area contributed by atoms with E-state index in [1.165, 1.54) is 6.20 Å². The SMILES string of the molecule is Cc1cc(Br)ccc1NC(=O)COC(=O)c1cncc(Br)c1. The number of aromatic nitrogens is 1. The average molecular weight is 428 g/mol. The molecule has 0 bridgehead atoms. The van der Waals surface area contributed by atoms with Gasteiger partial charge in [-0.25, -0.2) is 4.79 Å². The summed E-state index contributed by atoms with van der Waals surface area (Å²) >= 11 is 6.57. The van der Waals surface area contributed by atoms with Crippen LogP contribution in [0.25, 0.3) is 0 Å². The smallest absolute Gasteiger partial charge is 0.340 e. The number of ether oxygens (including phenoxy) is 1. The van der Waals surface area contributed by atoms with E-state index in [9.17, 15) is 9.59 Å². The number of benzene rings is 1. The monoisotopic (exact) mass is 426 g/mol. The Morgan fingerprint density at radius 3 is 2.64 bits per heavy atom. The lowest BCUT2D eigenvalue weighted by Crippen LogP contribution is -2.21. The lowest BCUT2D eigenvalue weighted by atomic mass is 10.2. The number of amides is 1. The summed E-state index contributed by atoms with van der Waals surface area (Å²) in [5.41, 5.74) is 1.86. The Morgan fingerprint density at radius 1 is 1.18 bits per heavy atom. The number of esters is 1. The van der Waals surface area contributed by atoms with Crippen LogP contribution in [0.3, 0.4) is 0 Å². The zero-order valence-electron chi connectivity index (χ0n) is 11.6. The Morgan fingerprint density at radius 2 is 1.95 bits per heavy atom. The normalized spacial score (nSPS) is 10.1. The number of nitrogens with zero attached hydrogens (tertiary/aromatic N) is 1. The second-order valence-electron chi connectivity index (χ2n) is 4.48. The van der Waals surface area contributed by atoms with Crippen molar-refractivity contribution in [1.29, 1.82) is 0 Å². The second-order valence-corrected chi connectivity index (χ2v) is 6.31. The largest absolute Gasteiger partial charge is 0.452 e. The summed E-state index contributed by atoms with van der Waals surface area (Å²) in [5.74, 6) is -1.00. The van der Waals surface area contributed by atoms with Crippen LogP contribution >= 0.6 is 31.9 Å². The molecule has 0 saturated heterocycles. The molecule has 1 heterocycles. The molecule has 22 heavy (non-hydrogen) atoms. The molecule has 0 aliphatic rings. The number of nitrogens with one attached hydrogen (secondary N) is 1. The van der Waals surface area contributed by atoms with E-state index in [-0.39, 0.29) is 12.2 Å². The zero-order chi connectivity index (χ0) is 16.1. The van der Waals surface area contributed by atoms with Gasteiger partial charge in [0.15, 0.2) is 6.61 Å². The number of aryl methyl sites for hydroxylation is 1. The van der Waals surface area contributed by atoms with E-state index in [1.54, 1.807) is 18.3 Å². The fourth-order valence-electron chi connectivity index (χ4n) is 1.69. The van der Waals surface area contributed by atoms with Gasteiger partial charge in [0, 0.05) is 27.0 Å². The first-order chi connectivity index (χ1) is 10.5. The number of carbonyl (C=O) groups is 2. The number of carbonyl (C=O) groups excluding carboxylic acids is 2. The van der Waals surface area contributed by atoms with E-state index >= 15 is 0 Å². The van der Waals surface area contributed by atoms with Gasteiger partial charge in [-0.2, -0.15) is 0 Å². The molecule has 1 amide bonds. The van der Waals surface area contributed by atoms with Gasteiger partial charge in [0.05, 0.1) is 5.56 Å². The number of anilines is 1. The zero-order valence-corrected chi connectivity index (χ0v) is 14.8. The van der Waals surface area contributed by atoms with Crippen molar-refractivity contribution in [2.75, 3.05) is 11.9 Å². The van der Waals surface area contributed by atoms with Crippen LogP contribution in [-0.2, 0) is 9.53 Å². The minimum Gasteiger partial charge on any atom is -0.452 e. The Balaban J connectivity index is 1.91. The molecule has 1 aromatic heterocycles. The van der Waals surface area contributed by atoms with Crippen LogP contribution in [0.4, 0.5) is 5.69 Å². The summed E-state index contributed by atoms with van der Waals surface area (Å²) in [6.07, 6.45) is 2.93. The van der Waals surface area contributed by atoms with Crippen LogP contribution in [0.2, 0.25) is 0 Å². The number of hydrogen-bond donors (Lipinski definition) is 1. The van der Waals surface area contributed by atoms with E-state index in [4.69, 9.17) is 4.74 Å². The van der Waals surface area contributed by atoms with E-state index in [1.807, 2.05) is 19.1 Å². The third-order valence-electron chi connectivity index (χ3n) is 2.74. The molecule has 0 unspecified atom stereocenters. The fraction of sp³-hybridized carbons (Fsp3) is 0.133. The third-order valence-corrected chi connectivity index (χ3v) is 3.66. The highest BCUT2D eigenvalue weighted by molar-refractivity contribution is 9.10. The van der Waals surface area contributed by atoms with Crippen molar-refractivity contribution in [3.8, 4) is 0 Å². The number of halogens is 2. The maximum atomic E-state index is 11.8. The molecular weight excluding hydrogens is 416 g/mol. The van der Waals surface area contributed by atoms with Crippen molar-refractivity contribution in [2.24, 2.45) is 0 Å². The Kier molecular flexibility index (Phi) is 5.68. The van der Waals surface area contributed by atoms with Gasteiger partial charge < -0.3 is 10.1 Å². The first kappa shape index (κ1) is 16.6. The summed E-state index contributed by atoms with van der Waals surface area (Å²) < 4.78 is 6.55. The number of rotatable bonds is 4. The van der Waals surface area contributed by atoms with E-state index in [0.717, 1.165) is 10.0 Å². The molecule has 0 radical (unpaired) electrons. The Labute approximate surface area is 144 Å². The Bertz CT molecular complexity index is 720. The first-order valence-corrected chi connectivity index (χ1v) is 7.88. The Hall–Kier alpha value is -1.73. The summed E-state index contributed by atoms with van der Waals surface area (Å²) in [6.45, 7) is 1.51. The highest BCUT2D eigenvalue weighted by Crippen LogP contribution is 2.20. The minimum atomic E-state index is -0.600. The molecule has 0 aliphatic carbocycles. The summed E-state index contributed by atoms with van der Waals surface area (Å²) in [5, 5.41) is 2.69.